The van der Waals surface area contributed by atoms with Crippen LogP contribution in [0.3, 0.4) is 0 Å². The first kappa shape index (κ1) is 24.9. The molecule has 2 N–H and O–H groups in total. The quantitative estimate of drug-likeness (QED) is 0.287. The lowest BCUT2D eigenvalue weighted by Gasteiger charge is -2.35. The Kier molecular flexibility index (Phi) is 9.38. The molecule has 8 heteroatoms. The Morgan fingerprint density at radius 3 is 2.64 bits per heavy atom. The Morgan fingerprint density at radius 2 is 1.97 bits per heavy atom. The van der Waals surface area contributed by atoms with Gasteiger partial charge in [0.25, 0.3) is 0 Å². The number of rotatable bonds is 7. The number of nitrogens with zero attached hydrogens (tertiary/aromatic N) is 2. The molecule has 2 aromatic rings. The molecule has 2 atom stereocenters. The zero-order valence-electron chi connectivity index (χ0n) is 19.2. The fraction of sp³-hybridized carbons (Fsp3) is 0.440. The van der Waals surface area contributed by atoms with Gasteiger partial charge in [0.05, 0.1) is 31.1 Å². The smallest absolute Gasteiger partial charge is 0.210 e. The molecule has 4 rings (SSSR count). The van der Waals surface area contributed by atoms with Crippen LogP contribution < -0.4 is 5.48 Å². The van der Waals surface area contributed by atoms with E-state index in [1.54, 1.807) is 0 Å². The van der Waals surface area contributed by atoms with E-state index in [0.717, 1.165) is 36.9 Å². The fourth-order valence-corrected chi connectivity index (χ4v) is 3.84. The van der Waals surface area contributed by atoms with E-state index in [-0.39, 0.29) is 5.60 Å². The third-order valence-corrected chi connectivity index (χ3v) is 5.45. The van der Waals surface area contributed by atoms with Gasteiger partial charge in [-0.2, -0.15) is 5.48 Å². The minimum absolute atomic E-state index is 0.318. The summed E-state index contributed by atoms with van der Waals surface area (Å²) in [4.78, 5) is 18.0. The second kappa shape index (κ2) is 12.5. The van der Waals surface area contributed by atoms with Crippen LogP contribution in [-0.2, 0) is 25.7 Å². The van der Waals surface area contributed by atoms with E-state index < -0.39 is 6.29 Å². The first-order valence-electron chi connectivity index (χ1n) is 11.2. The van der Waals surface area contributed by atoms with Gasteiger partial charge in [0.2, 0.25) is 12.7 Å². The number of carbonyl (C=O) groups is 1. The highest BCUT2D eigenvalue weighted by Crippen LogP contribution is 2.29. The third-order valence-electron chi connectivity index (χ3n) is 5.45. The van der Waals surface area contributed by atoms with Gasteiger partial charge in [0.1, 0.15) is 0 Å². The number of nitrogens with one attached hydrogen (secondary N) is 1. The van der Waals surface area contributed by atoms with Crippen LogP contribution in [0.5, 0.6) is 0 Å². The van der Waals surface area contributed by atoms with Crippen LogP contribution in [0.25, 0.3) is 0 Å². The van der Waals surface area contributed by atoms with E-state index in [4.69, 9.17) is 19.5 Å². The van der Waals surface area contributed by atoms with Crippen molar-refractivity contribution in [3.63, 3.8) is 0 Å². The molecule has 2 aliphatic heterocycles. The number of hydrogen-bond donors (Lipinski definition) is 2. The van der Waals surface area contributed by atoms with Crippen molar-refractivity contribution in [2.45, 2.75) is 51.2 Å². The molecule has 0 saturated carbocycles. The van der Waals surface area contributed by atoms with Crippen LogP contribution in [0.1, 0.15) is 49.4 Å². The summed E-state index contributed by atoms with van der Waals surface area (Å²) < 4.78 is 11.1. The Bertz CT molecular complexity index is 873. The van der Waals surface area contributed by atoms with E-state index in [1.165, 1.54) is 11.8 Å². The first-order chi connectivity index (χ1) is 16.0. The highest BCUT2D eigenvalue weighted by molar-refractivity contribution is 5.78. The molecular formula is C25H33N3O5. The topological polar surface area (TPSA) is 92.6 Å². The number of hydrogen-bond acceptors (Lipinski definition) is 7. The summed E-state index contributed by atoms with van der Waals surface area (Å²) >= 11 is 0. The molecule has 178 valence electrons. The third kappa shape index (κ3) is 7.94. The van der Waals surface area contributed by atoms with Gasteiger partial charge in [-0.15, -0.1) is 0 Å². The van der Waals surface area contributed by atoms with E-state index in [0.29, 0.717) is 25.8 Å². The molecule has 1 amide bonds. The highest BCUT2D eigenvalue weighted by Gasteiger charge is 2.30. The zero-order valence-corrected chi connectivity index (χ0v) is 19.2. The molecule has 33 heavy (non-hydrogen) atoms. The molecule has 0 aromatic heterocycles. The molecule has 8 nitrogen and oxygen atoms in total. The van der Waals surface area contributed by atoms with Crippen molar-refractivity contribution in [1.29, 1.82) is 0 Å². The van der Waals surface area contributed by atoms with Gasteiger partial charge in [-0.05, 0) is 43.4 Å². The molecule has 0 spiro atoms. The van der Waals surface area contributed by atoms with Crippen LogP contribution in [0.4, 0.5) is 0 Å². The molecular weight excluding hydrogens is 422 g/mol. The predicted molar refractivity (Wildman–Crippen MR) is 125 cm³/mol. The maximum Gasteiger partial charge on any atom is 0.210 e. The zero-order chi connectivity index (χ0) is 23.5. The van der Waals surface area contributed by atoms with Crippen LogP contribution >= 0.6 is 0 Å². The van der Waals surface area contributed by atoms with Crippen LogP contribution in [0.15, 0.2) is 59.8 Å². The summed E-state index contributed by atoms with van der Waals surface area (Å²) in [7, 11) is 0. The van der Waals surface area contributed by atoms with Gasteiger partial charge in [-0.25, -0.2) is 0 Å². The normalized spacial score (nSPS) is 22.1. The molecule has 0 radical (unpaired) electrons. The number of hydroxylamine groups is 1. The minimum Gasteiger partial charge on any atom is -0.411 e. The average molecular weight is 456 g/mol. The first-order valence-corrected chi connectivity index (χ1v) is 11.2. The fourth-order valence-electron chi connectivity index (χ4n) is 3.84. The lowest BCUT2D eigenvalue weighted by molar-refractivity contribution is -0.290. The van der Waals surface area contributed by atoms with Crippen molar-refractivity contribution in [2.24, 2.45) is 5.16 Å². The van der Waals surface area contributed by atoms with Crippen LogP contribution in [0, 0.1) is 0 Å². The number of likely N-dealkylation sites (tertiary alicyclic amines) is 1. The molecule has 2 heterocycles. The monoisotopic (exact) mass is 455 g/mol. The number of amides is 1. The number of benzene rings is 2. The largest absolute Gasteiger partial charge is 0.411 e. The van der Waals surface area contributed by atoms with Gasteiger partial charge >= 0.3 is 0 Å². The second-order valence-electron chi connectivity index (χ2n) is 8.66. The Hall–Kier alpha value is -2.78. The average Bonchev–Trinajstić information content (AvgIpc) is 3.30. The van der Waals surface area contributed by atoms with Crippen molar-refractivity contribution in [3.8, 4) is 0 Å². The molecule has 2 aromatic carbocycles. The van der Waals surface area contributed by atoms with Crippen molar-refractivity contribution in [3.05, 3.63) is 71.3 Å². The predicted octanol–water partition coefficient (Wildman–Crippen LogP) is 3.65. The molecule has 0 bridgehead atoms. The lowest BCUT2D eigenvalue weighted by atomic mass is 10.1. The Balaban J connectivity index is 0.000000203. The Morgan fingerprint density at radius 1 is 1.21 bits per heavy atom. The van der Waals surface area contributed by atoms with E-state index in [9.17, 15) is 4.79 Å². The number of oxime groups is 1. The summed E-state index contributed by atoms with van der Waals surface area (Å²) in [5.41, 5.74) is 5.69. The maximum atomic E-state index is 10.7. The van der Waals surface area contributed by atoms with Crippen LogP contribution in [-0.4, -0.2) is 54.4 Å². The van der Waals surface area contributed by atoms with Crippen molar-refractivity contribution in [2.75, 3.05) is 19.8 Å². The number of ether oxygens (including phenoxy) is 2. The summed E-state index contributed by atoms with van der Waals surface area (Å²) in [6.45, 7) is 6.37. The van der Waals surface area contributed by atoms with E-state index >= 15 is 0 Å². The van der Waals surface area contributed by atoms with Gasteiger partial charge in [-0.1, -0.05) is 59.8 Å². The lowest BCUT2D eigenvalue weighted by Crippen LogP contribution is -2.45. The Labute approximate surface area is 195 Å². The number of carbonyl (C=O) groups excluding carboxylic acids is 1. The van der Waals surface area contributed by atoms with E-state index in [1.807, 2.05) is 61.2 Å². The van der Waals surface area contributed by atoms with Crippen LogP contribution in [0.2, 0.25) is 0 Å². The van der Waals surface area contributed by atoms with Gasteiger partial charge < -0.3 is 19.6 Å². The molecule has 2 fully saturated rings. The summed E-state index contributed by atoms with van der Waals surface area (Å²) in [6.07, 6.45) is 4.16. The molecule has 2 unspecified atom stereocenters. The summed E-state index contributed by atoms with van der Waals surface area (Å²) in [5.74, 6) is 0. The highest BCUT2D eigenvalue weighted by atomic mass is 16.8. The molecule has 0 aliphatic carbocycles. The summed E-state index contributed by atoms with van der Waals surface area (Å²) in [6, 6.07) is 18.1. The van der Waals surface area contributed by atoms with E-state index in [2.05, 4.69) is 22.8 Å². The maximum absolute atomic E-state index is 10.7. The van der Waals surface area contributed by atoms with Gasteiger partial charge in [0.15, 0.2) is 0 Å². The SMILES string of the molecule is CC1(C)COCC(ONCc2ccc(/C=N\O)cc2)O1.O=CN1CCCC1c1ccccc1. The molecule has 2 aliphatic rings. The van der Waals surface area contributed by atoms with Gasteiger partial charge in [0, 0.05) is 13.1 Å². The second-order valence-corrected chi connectivity index (χ2v) is 8.66. The standard InChI is InChI=1S/C14H20N2O4.C11H13NO/c1-14(2)10-18-9-13(19-14)20-16-8-12-5-3-11(4-6-12)7-15-17;13-9-12-8-4-7-11(12)10-5-2-1-3-6-10/h3-7,13,16-17H,8-10H2,1-2H3;1-3,5-6,9,11H,4,7-8H2/b15-7-;. The van der Waals surface area contributed by atoms with Crippen molar-refractivity contribution >= 4 is 12.6 Å². The van der Waals surface area contributed by atoms with Crippen molar-refractivity contribution < 1.29 is 24.3 Å². The van der Waals surface area contributed by atoms with Crippen molar-refractivity contribution in [1.82, 2.24) is 10.4 Å². The minimum atomic E-state index is -0.403. The summed E-state index contributed by atoms with van der Waals surface area (Å²) in [5, 5.41) is 11.4. The molecule has 2 saturated heterocycles. The van der Waals surface area contributed by atoms with Gasteiger partial charge in [-0.3, -0.25) is 9.63 Å².